The quantitative estimate of drug-likeness (QED) is 0.572. The van der Waals surface area contributed by atoms with E-state index in [1.807, 2.05) is 32.9 Å². The van der Waals surface area contributed by atoms with Crippen LogP contribution in [0.4, 0.5) is 13.2 Å². The fourth-order valence-electron chi connectivity index (χ4n) is 4.20. The van der Waals surface area contributed by atoms with Gasteiger partial charge in [0.25, 0.3) is 0 Å². The first-order chi connectivity index (χ1) is 15.2. The summed E-state index contributed by atoms with van der Waals surface area (Å²) < 4.78 is 69.4. The zero-order chi connectivity index (χ0) is 24.7. The minimum Gasteiger partial charge on any atom is -0.511 e. The molecule has 33 heavy (non-hydrogen) atoms. The van der Waals surface area contributed by atoms with Gasteiger partial charge in [-0.3, -0.25) is 0 Å². The minimum absolute atomic E-state index is 0.0549. The molecule has 0 amide bonds. The van der Waals surface area contributed by atoms with Crippen molar-refractivity contribution in [3.63, 3.8) is 0 Å². The Morgan fingerprint density at radius 2 is 1.64 bits per heavy atom. The van der Waals surface area contributed by atoms with Crippen molar-refractivity contribution < 1.29 is 36.2 Å². The first-order valence-corrected chi connectivity index (χ1v) is 11.9. The summed E-state index contributed by atoms with van der Waals surface area (Å²) in [7, 11) is -3.98. The van der Waals surface area contributed by atoms with Crippen LogP contribution in [0.15, 0.2) is 47.1 Å². The predicted octanol–water partition coefficient (Wildman–Crippen LogP) is 5.47. The van der Waals surface area contributed by atoms with E-state index in [9.17, 15) is 31.5 Å². The highest BCUT2D eigenvalue weighted by Gasteiger charge is 2.36. The highest BCUT2D eigenvalue weighted by molar-refractivity contribution is 7.92. The van der Waals surface area contributed by atoms with Crippen LogP contribution in [0.3, 0.4) is 0 Å². The third-order valence-electron chi connectivity index (χ3n) is 5.75. The molecule has 0 spiro atoms. The summed E-state index contributed by atoms with van der Waals surface area (Å²) in [6.45, 7) is 6.97. The van der Waals surface area contributed by atoms with Crippen molar-refractivity contribution in [3.05, 3.63) is 70.0 Å². The third kappa shape index (κ3) is 5.08. The lowest BCUT2D eigenvalue weighted by Gasteiger charge is -2.27. The van der Waals surface area contributed by atoms with E-state index in [4.69, 9.17) is 4.74 Å². The van der Waals surface area contributed by atoms with Crippen LogP contribution in [-0.4, -0.2) is 30.8 Å². The summed E-state index contributed by atoms with van der Waals surface area (Å²) in [5.41, 5.74) is 2.34. The predicted molar refractivity (Wildman–Crippen MR) is 117 cm³/mol. The Bertz CT molecular complexity index is 1190. The molecule has 2 aromatic rings. The average molecular weight is 483 g/mol. The van der Waals surface area contributed by atoms with Gasteiger partial charge >= 0.3 is 12.1 Å². The Morgan fingerprint density at radius 3 is 2.12 bits per heavy atom. The highest BCUT2D eigenvalue weighted by Crippen LogP contribution is 2.35. The molecule has 1 N–H and O–H groups in total. The van der Waals surface area contributed by atoms with Gasteiger partial charge in [-0.05, 0) is 68.7 Å². The fourth-order valence-corrected chi connectivity index (χ4v) is 5.65. The molecule has 2 atom stereocenters. The molecule has 2 unspecified atom stereocenters. The average Bonchev–Trinajstić information content (AvgIpc) is 2.68. The molecule has 2 aromatic carbocycles. The molecule has 1 aliphatic heterocycles. The van der Waals surface area contributed by atoms with E-state index >= 15 is 0 Å². The van der Waals surface area contributed by atoms with Crippen LogP contribution >= 0.6 is 0 Å². The van der Waals surface area contributed by atoms with E-state index < -0.39 is 38.9 Å². The lowest BCUT2D eigenvalue weighted by Crippen LogP contribution is -2.32. The van der Waals surface area contributed by atoms with Gasteiger partial charge in [0.2, 0.25) is 0 Å². The number of halogens is 3. The number of esters is 1. The molecule has 9 heteroatoms. The number of benzene rings is 2. The molecule has 0 saturated heterocycles. The first kappa shape index (κ1) is 24.8. The number of aliphatic hydroxyl groups excluding tert-OH is 1. The normalized spacial score (nSPS) is 18.3. The largest absolute Gasteiger partial charge is 0.511 e. The molecule has 178 valence electrons. The Hall–Kier alpha value is -2.81. The van der Waals surface area contributed by atoms with Crippen LogP contribution < -0.4 is 0 Å². The molecule has 1 heterocycles. The summed E-state index contributed by atoms with van der Waals surface area (Å²) in [6, 6.07) is 7.04. The smallest absolute Gasteiger partial charge is 0.416 e. The van der Waals surface area contributed by atoms with Crippen molar-refractivity contribution in [1.29, 1.82) is 0 Å². The number of ether oxygens (including phenoxy) is 1. The Balaban J connectivity index is 1.81. The summed E-state index contributed by atoms with van der Waals surface area (Å²) in [4.78, 5) is 12.5. The molecule has 0 saturated carbocycles. The number of alkyl halides is 3. The van der Waals surface area contributed by atoms with E-state index in [1.54, 1.807) is 0 Å². The number of carbonyl (C=O) groups excluding carboxylic acids is 1. The number of hydrogen-bond acceptors (Lipinski definition) is 5. The van der Waals surface area contributed by atoms with Gasteiger partial charge in [0.1, 0.15) is 17.4 Å². The Labute approximate surface area is 190 Å². The van der Waals surface area contributed by atoms with E-state index in [0.29, 0.717) is 17.7 Å². The summed E-state index contributed by atoms with van der Waals surface area (Å²) in [6.07, 6.45) is -5.62. The molecule has 5 nitrogen and oxygen atoms in total. The number of rotatable bonds is 5. The number of aliphatic hydroxyl groups is 1. The summed E-state index contributed by atoms with van der Waals surface area (Å²) in [5.74, 6) is -0.914. The maximum atomic E-state index is 12.8. The van der Waals surface area contributed by atoms with Crippen LogP contribution in [0.5, 0.6) is 0 Å². The topological polar surface area (TPSA) is 80.7 Å². The van der Waals surface area contributed by atoms with Gasteiger partial charge in [-0.1, -0.05) is 17.7 Å². The second-order valence-corrected chi connectivity index (χ2v) is 10.8. The maximum absolute atomic E-state index is 12.8. The highest BCUT2D eigenvalue weighted by atomic mass is 32.2. The van der Waals surface area contributed by atoms with E-state index in [1.165, 1.54) is 6.92 Å². The van der Waals surface area contributed by atoms with Crippen LogP contribution in [-0.2, 0) is 25.5 Å². The van der Waals surface area contributed by atoms with Gasteiger partial charge in [0, 0.05) is 12.8 Å². The molecule has 0 aliphatic carbocycles. The zero-order valence-electron chi connectivity index (χ0n) is 18.7. The van der Waals surface area contributed by atoms with E-state index in [-0.39, 0.29) is 29.1 Å². The SMILES string of the molecule is Cc1cc(C)c(C2=C(O)CC(CC(C)S(=O)(=O)c3ccc(C(F)(F)F)cc3)OC2=O)c(C)c1. The molecular formula is C24H25F3O5S. The van der Waals surface area contributed by atoms with Crippen molar-refractivity contribution in [3.8, 4) is 0 Å². The van der Waals surface area contributed by atoms with Crippen molar-refractivity contribution >= 4 is 21.4 Å². The molecule has 0 radical (unpaired) electrons. The number of carbonyl (C=O) groups is 1. The van der Waals surface area contributed by atoms with Crippen LogP contribution in [0, 0.1) is 20.8 Å². The van der Waals surface area contributed by atoms with Crippen LogP contribution in [0.25, 0.3) is 5.57 Å². The lowest BCUT2D eigenvalue weighted by molar-refractivity contribution is -0.144. The number of hydrogen-bond donors (Lipinski definition) is 1. The molecule has 0 aromatic heterocycles. The number of aryl methyl sites for hydroxylation is 3. The number of cyclic esters (lactones) is 1. The summed E-state index contributed by atoms with van der Waals surface area (Å²) in [5, 5.41) is 9.59. The molecule has 0 fully saturated rings. The Kier molecular flexibility index (Phi) is 6.66. The van der Waals surface area contributed by atoms with E-state index in [2.05, 4.69) is 0 Å². The second kappa shape index (κ2) is 8.85. The molecular weight excluding hydrogens is 457 g/mol. The third-order valence-corrected chi connectivity index (χ3v) is 7.93. The van der Waals surface area contributed by atoms with Crippen LogP contribution in [0.1, 0.15) is 47.6 Å². The summed E-state index contributed by atoms with van der Waals surface area (Å²) >= 11 is 0. The van der Waals surface area contributed by atoms with Gasteiger partial charge in [-0.25, -0.2) is 13.2 Å². The van der Waals surface area contributed by atoms with Crippen LogP contribution in [0.2, 0.25) is 0 Å². The van der Waals surface area contributed by atoms with E-state index in [0.717, 1.165) is 28.8 Å². The van der Waals surface area contributed by atoms with Gasteiger partial charge in [-0.2, -0.15) is 13.2 Å². The van der Waals surface area contributed by atoms with Crippen molar-refractivity contribution in [1.82, 2.24) is 0 Å². The second-order valence-electron chi connectivity index (χ2n) is 8.44. The van der Waals surface area contributed by atoms with Gasteiger partial charge < -0.3 is 9.84 Å². The molecule has 0 bridgehead atoms. The zero-order valence-corrected chi connectivity index (χ0v) is 19.5. The standard InChI is InChI=1S/C24H25F3O5S/c1-13-9-14(2)21(15(3)10-13)22-20(28)12-18(32-23(22)29)11-16(4)33(30,31)19-7-5-17(6-8-19)24(25,26)27/h5-10,16,18,28H,11-12H2,1-4H3. The lowest BCUT2D eigenvalue weighted by atomic mass is 9.90. The minimum atomic E-state index is -4.57. The van der Waals surface area contributed by atoms with Crippen molar-refractivity contribution in [2.75, 3.05) is 0 Å². The molecule has 1 aliphatic rings. The van der Waals surface area contributed by atoms with Gasteiger partial charge in [-0.15, -0.1) is 0 Å². The number of sulfone groups is 1. The monoisotopic (exact) mass is 482 g/mol. The molecule has 3 rings (SSSR count). The first-order valence-electron chi connectivity index (χ1n) is 10.3. The van der Waals surface area contributed by atoms with Gasteiger partial charge in [0.15, 0.2) is 9.84 Å². The maximum Gasteiger partial charge on any atom is 0.416 e. The Morgan fingerprint density at radius 1 is 1.09 bits per heavy atom. The van der Waals surface area contributed by atoms with Crippen molar-refractivity contribution in [2.24, 2.45) is 0 Å². The van der Waals surface area contributed by atoms with Gasteiger partial charge in [0.05, 0.1) is 15.7 Å². The van der Waals surface area contributed by atoms with Crippen molar-refractivity contribution in [2.45, 2.75) is 63.0 Å². The fraction of sp³-hybridized carbons (Fsp3) is 0.375.